The van der Waals surface area contributed by atoms with Gasteiger partial charge < -0.3 is 4.90 Å². The minimum absolute atomic E-state index is 0.287. The molecule has 2 unspecified atom stereocenters. The Morgan fingerprint density at radius 3 is 1.47 bits per heavy atom. The zero-order chi connectivity index (χ0) is 38.1. The zero-order valence-electron chi connectivity index (χ0n) is 32.2. The SMILES string of the molecule is CC1(c2ccccc2)c2ccccc2-c2ccc(-c3ccccc3N(c3ccc4c(c3)C(C)(c3ccccc3)c3ccccc3-4)c3cccc4ccccc34)cc21. The van der Waals surface area contributed by atoms with Gasteiger partial charge >= 0.3 is 0 Å². The molecule has 270 valence electrons. The first-order valence-corrected chi connectivity index (χ1v) is 20.0. The quantitative estimate of drug-likeness (QED) is 0.165. The van der Waals surface area contributed by atoms with Crippen LogP contribution in [0.1, 0.15) is 47.2 Å². The summed E-state index contributed by atoms with van der Waals surface area (Å²) in [6, 6.07) is 78.7. The van der Waals surface area contributed by atoms with Gasteiger partial charge in [0.05, 0.1) is 11.4 Å². The lowest BCUT2D eigenvalue weighted by Gasteiger charge is -2.32. The van der Waals surface area contributed by atoms with E-state index in [-0.39, 0.29) is 10.8 Å². The largest absolute Gasteiger partial charge is 0.309 e. The Hall–Kier alpha value is -6.96. The van der Waals surface area contributed by atoms with Crippen molar-refractivity contribution in [1.29, 1.82) is 0 Å². The molecule has 2 aliphatic rings. The molecule has 0 amide bonds. The van der Waals surface area contributed by atoms with Gasteiger partial charge in [-0.3, -0.25) is 0 Å². The van der Waals surface area contributed by atoms with Crippen LogP contribution >= 0.6 is 0 Å². The molecule has 0 radical (unpaired) electrons. The van der Waals surface area contributed by atoms with E-state index in [0.29, 0.717) is 0 Å². The summed E-state index contributed by atoms with van der Waals surface area (Å²) in [5.74, 6) is 0. The highest BCUT2D eigenvalue weighted by atomic mass is 15.1. The van der Waals surface area contributed by atoms with Gasteiger partial charge in [0, 0.05) is 27.5 Å². The second kappa shape index (κ2) is 12.8. The molecule has 0 aromatic heterocycles. The van der Waals surface area contributed by atoms with Crippen molar-refractivity contribution in [2.45, 2.75) is 24.7 Å². The molecule has 1 nitrogen and oxygen atoms in total. The molecule has 0 fully saturated rings. The molecule has 57 heavy (non-hydrogen) atoms. The summed E-state index contributed by atoms with van der Waals surface area (Å²) in [4.78, 5) is 2.50. The molecule has 0 spiro atoms. The van der Waals surface area contributed by atoms with E-state index in [1.807, 2.05) is 0 Å². The van der Waals surface area contributed by atoms with Crippen LogP contribution in [0, 0.1) is 0 Å². The molecule has 2 aliphatic carbocycles. The molecule has 1 heteroatoms. The predicted octanol–water partition coefficient (Wildman–Crippen LogP) is 14.6. The smallest absolute Gasteiger partial charge is 0.0540 e. The van der Waals surface area contributed by atoms with Crippen LogP contribution in [-0.2, 0) is 10.8 Å². The summed E-state index contributed by atoms with van der Waals surface area (Å²) >= 11 is 0. The predicted molar refractivity (Wildman–Crippen MR) is 239 cm³/mol. The summed E-state index contributed by atoms with van der Waals surface area (Å²) in [6.45, 7) is 4.80. The summed E-state index contributed by atoms with van der Waals surface area (Å²) in [6.07, 6.45) is 0. The number of benzene rings is 9. The van der Waals surface area contributed by atoms with E-state index in [0.717, 1.165) is 17.1 Å². The van der Waals surface area contributed by atoms with Crippen molar-refractivity contribution in [2.24, 2.45) is 0 Å². The Bertz CT molecular complexity index is 2990. The maximum Gasteiger partial charge on any atom is 0.0540 e. The standard InChI is InChI=1S/C56H41N/c1-55(40-20-5-3-6-21-40)49-28-14-11-26-45(49)47-34-32-39(36-51(47)55)44-25-13-16-30-53(44)57(54-31-17-19-38-18-9-10-24-43(38)54)42-33-35-48-46-27-12-15-29-50(46)56(2,52(48)37-42)41-22-7-4-8-23-41/h3-37H,1-2H3. The van der Waals surface area contributed by atoms with Crippen LogP contribution in [0.2, 0.25) is 0 Å². The summed E-state index contributed by atoms with van der Waals surface area (Å²) in [5, 5.41) is 2.43. The number of fused-ring (bicyclic) bond motifs is 7. The molecule has 0 bridgehead atoms. The second-order valence-electron chi connectivity index (χ2n) is 15.9. The van der Waals surface area contributed by atoms with E-state index in [2.05, 4.69) is 231 Å². The third kappa shape index (κ3) is 4.89. The average molecular weight is 728 g/mol. The van der Waals surface area contributed by atoms with Crippen molar-refractivity contribution in [1.82, 2.24) is 0 Å². The highest BCUT2D eigenvalue weighted by Crippen LogP contribution is 2.56. The molecule has 0 N–H and O–H groups in total. The van der Waals surface area contributed by atoms with E-state index in [1.54, 1.807) is 0 Å². The topological polar surface area (TPSA) is 3.24 Å². The van der Waals surface area contributed by atoms with Crippen LogP contribution in [-0.4, -0.2) is 0 Å². The Balaban J connectivity index is 1.15. The summed E-state index contributed by atoms with van der Waals surface area (Å²) in [7, 11) is 0. The number of hydrogen-bond acceptors (Lipinski definition) is 1. The third-order valence-corrected chi connectivity index (χ3v) is 13.0. The first-order chi connectivity index (χ1) is 28.0. The van der Waals surface area contributed by atoms with E-state index in [9.17, 15) is 0 Å². The molecule has 0 aliphatic heterocycles. The maximum absolute atomic E-state index is 2.50. The van der Waals surface area contributed by atoms with Gasteiger partial charge in [-0.1, -0.05) is 182 Å². The normalized spacial score (nSPS) is 17.4. The molecule has 2 atom stereocenters. The van der Waals surface area contributed by atoms with Crippen LogP contribution in [0.15, 0.2) is 212 Å². The number of nitrogens with zero attached hydrogens (tertiary/aromatic N) is 1. The minimum Gasteiger partial charge on any atom is -0.309 e. The van der Waals surface area contributed by atoms with E-state index < -0.39 is 0 Å². The number of anilines is 3. The van der Waals surface area contributed by atoms with Gasteiger partial charge in [0.1, 0.15) is 0 Å². The maximum atomic E-state index is 2.50. The third-order valence-electron chi connectivity index (χ3n) is 13.0. The Labute approximate surface area is 335 Å². The van der Waals surface area contributed by atoms with Crippen molar-refractivity contribution < 1.29 is 0 Å². The van der Waals surface area contributed by atoms with Crippen molar-refractivity contribution in [3.05, 3.63) is 246 Å². The van der Waals surface area contributed by atoms with Crippen LogP contribution in [0.3, 0.4) is 0 Å². The second-order valence-corrected chi connectivity index (χ2v) is 15.9. The van der Waals surface area contributed by atoms with E-state index in [4.69, 9.17) is 0 Å². The van der Waals surface area contributed by atoms with Crippen LogP contribution in [0.4, 0.5) is 17.1 Å². The summed E-state index contributed by atoms with van der Waals surface area (Å²) < 4.78 is 0. The zero-order valence-corrected chi connectivity index (χ0v) is 32.2. The number of para-hydroxylation sites is 1. The van der Waals surface area contributed by atoms with Gasteiger partial charge in [-0.2, -0.15) is 0 Å². The lowest BCUT2D eigenvalue weighted by Crippen LogP contribution is -2.23. The van der Waals surface area contributed by atoms with Crippen LogP contribution in [0.5, 0.6) is 0 Å². The molecular weight excluding hydrogens is 687 g/mol. The Kier molecular flexibility index (Phi) is 7.50. The van der Waals surface area contributed by atoms with Crippen LogP contribution < -0.4 is 4.90 Å². The first-order valence-electron chi connectivity index (χ1n) is 20.0. The van der Waals surface area contributed by atoms with E-state index >= 15 is 0 Å². The Morgan fingerprint density at radius 1 is 0.333 bits per heavy atom. The minimum atomic E-state index is -0.315. The van der Waals surface area contributed by atoms with Crippen molar-refractivity contribution in [3.63, 3.8) is 0 Å². The highest BCUT2D eigenvalue weighted by Gasteiger charge is 2.42. The molecule has 0 saturated heterocycles. The van der Waals surface area contributed by atoms with Gasteiger partial charge in [0.25, 0.3) is 0 Å². The van der Waals surface area contributed by atoms with E-state index in [1.165, 1.54) is 77.5 Å². The first kappa shape index (κ1) is 33.4. The van der Waals surface area contributed by atoms with Gasteiger partial charge in [-0.15, -0.1) is 0 Å². The van der Waals surface area contributed by atoms with Crippen LogP contribution in [0.25, 0.3) is 44.2 Å². The fourth-order valence-corrected chi connectivity index (χ4v) is 10.2. The number of rotatable bonds is 6. The monoisotopic (exact) mass is 727 g/mol. The fraction of sp³-hybridized carbons (Fsp3) is 0.0714. The molecule has 0 heterocycles. The molecule has 9 aromatic rings. The highest BCUT2D eigenvalue weighted by molar-refractivity contribution is 6.02. The average Bonchev–Trinajstić information content (AvgIpc) is 3.70. The molecule has 11 rings (SSSR count). The molecule has 9 aromatic carbocycles. The van der Waals surface area contributed by atoms with Gasteiger partial charge in [0.15, 0.2) is 0 Å². The summed E-state index contributed by atoms with van der Waals surface area (Å²) in [5.41, 5.74) is 18.4. The molecule has 0 saturated carbocycles. The fourth-order valence-electron chi connectivity index (χ4n) is 10.2. The van der Waals surface area contributed by atoms with Crippen molar-refractivity contribution >= 4 is 27.8 Å². The van der Waals surface area contributed by atoms with Gasteiger partial charge in [0.2, 0.25) is 0 Å². The lowest BCUT2D eigenvalue weighted by atomic mass is 9.74. The lowest BCUT2D eigenvalue weighted by molar-refractivity contribution is 0.714. The van der Waals surface area contributed by atoms with Crippen molar-refractivity contribution in [3.8, 4) is 33.4 Å². The number of hydrogen-bond donors (Lipinski definition) is 0. The van der Waals surface area contributed by atoms with Crippen molar-refractivity contribution in [2.75, 3.05) is 4.90 Å². The molecular formula is C56H41N. The Morgan fingerprint density at radius 2 is 0.807 bits per heavy atom. The van der Waals surface area contributed by atoms with Gasteiger partial charge in [-0.25, -0.2) is 0 Å². The van der Waals surface area contributed by atoms with Gasteiger partial charge in [-0.05, 0) is 111 Å².